The zero-order chi connectivity index (χ0) is 21.6. The van der Waals surface area contributed by atoms with E-state index in [1.807, 2.05) is 0 Å². The van der Waals surface area contributed by atoms with E-state index in [1.54, 1.807) is 43.3 Å². The normalized spacial score (nSPS) is 22.0. The smallest absolute Gasteiger partial charge is 0.263 e. The minimum atomic E-state index is -3.65. The van der Waals surface area contributed by atoms with Crippen LogP contribution in [0, 0.1) is 0 Å². The zero-order valence-corrected chi connectivity index (χ0v) is 17.9. The maximum Gasteiger partial charge on any atom is 0.263 e. The molecule has 0 radical (unpaired) electrons. The number of hydrogen-bond donors (Lipinski definition) is 2. The molecule has 0 aromatic heterocycles. The van der Waals surface area contributed by atoms with Gasteiger partial charge in [0.2, 0.25) is 5.91 Å². The molecule has 3 aliphatic rings. The third-order valence-electron chi connectivity index (χ3n) is 5.78. The van der Waals surface area contributed by atoms with Crippen LogP contribution in [0.15, 0.2) is 52.4 Å². The van der Waals surface area contributed by atoms with E-state index in [0.717, 1.165) is 25.7 Å². The number of aliphatic imine (C=N–C) groups is 1. The predicted octanol–water partition coefficient (Wildman–Crippen LogP) is 3.18. The molecule has 8 nitrogen and oxygen atoms in total. The van der Waals surface area contributed by atoms with Gasteiger partial charge < -0.3 is 14.8 Å². The summed E-state index contributed by atoms with van der Waals surface area (Å²) in [5.41, 5.74) is 1.03. The van der Waals surface area contributed by atoms with Crippen LogP contribution in [0.4, 0.5) is 5.69 Å². The minimum absolute atomic E-state index is 0.161. The number of hydrogen-bond acceptors (Lipinski definition) is 6. The number of carbonyl (C=O) groups is 1. The van der Waals surface area contributed by atoms with E-state index < -0.39 is 21.9 Å². The summed E-state index contributed by atoms with van der Waals surface area (Å²) in [7, 11) is -3.65. The van der Waals surface area contributed by atoms with E-state index in [9.17, 15) is 13.2 Å². The Bertz CT molecular complexity index is 1190. The topological polar surface area (TPSA) is 106 Å². The quantitative estimate of drug-likeness (QED) is 0.761. The van der Waals surface area contributed by atoms with Crippen LogP contribution in [-0.4, -0.2) is 32.0 Å². The van der Waals surface area contributed by atoms with Crippen molar-refractivity contribution in [2.75, 3.05) is 5.32 Å². The molecule has 0 bridgehead atoms. The van der Waals surface area contributed by atoms with Gasteiger partial charge in [-0.25, -0.2) is 8.42 Å². The Kier molecular flexibility index (Phi) is 4.65. The van der Waals surface area contributed by atoms with Crippen LogP contribution in [-0.2, 0) is 14.8 Å². The van der Waals surface area contributed by atoms with Crippen LogP contribution in [0.25, 0.3) is 0 Å². The van der Waals surface area contributed by atoms with Crippen molar-refractivity contribution in [3.05, 3.63) is 48.0 Å². The second-order valence-corrected chi connectivity index (χ2v) is 9.73. The van der Waals surface area contributed by atoms with Gasteiger partial charge in [0.15, 0.2) is 11.5 Å². The number of nitrogens with one attached hydrogen (secondary N) is 2. The van der Waals surface area contributed by atoms with Crippen LogP contribution < -0.4 is 19.5 Å². The molecule has 1 fully saturated rings. The number of fused-ring (bicyclic) bond motifs is 2. The van der Waals surface area contributed by atoms with Gasteiger partial charge in [-0.2, -0.15) is 0 Å². The Morgan fingerprint density at radius 1 is 1.10 bits per heavy atom. The Morgan fingerprint density at radius 2 is 1.84 bits per heavy atom. The second-order valence-electron chi connectivity index (χ2n) is 8.08. The molecule has 0 saturated heterocycles. The number of amides is 1. The van der Waals surface area contributed by atoms with Gasteiger partial charge in [0.25, 0.3) is 15.8 Å². The first-order chi connectivity index (χ1) is 14.9. The van der Waals surface area contributed by atoms with Gasteiger partial charge in [-0.1, -0.05) is 18.6 Å². The molecule has 1 unspecified atom stereocenters. The fraction of sp³-hybridized carbons (Fsp3) is 0.364. The SMILES string of the molecule is CC(N=C1NS(=O)(=O)c2ccccc21)C(=O)Nc1ccc2c(c1)OC1(CCCCC1)O2. The van der Waals surface area contributed by atoms with Gasteiger partial charge in [0, 0.05) is 30.2 Å². The number of rotatable bonds is 3. The summed E-state index contributed by atoms with van der Waals surface area (Å²) < 4.78 is 39.0. The highest BCUT2D eigenvalue weighted by Crippen LogP contribution is 2.46. The lowest BCUT2D eigenvalue weighted by atomic mass is 9.94. The highest BCUT2D eigenvalue weighted by Gasteiger charge is 2.42. The Hall–Kier alpha value is -3.07. The van der Waals surface area contributed by atoms with Gasteiger partial charge in [-0.05, 0) is 44.0 Å². The minimum Gasteiger partial charge on any atom is -0.448 e. The van der Waals surface area contributed by atoms with E-state index in [-0.39, 0.29) is 16.6 Å². The molecule has 1 spiro atoms. The van der Waals surface area contributed by atoms with Crippen molar-refractivity contribution in [2.24, 2.45) is 4.99 Å². The third kappa shape index (κ3) is 3.63. The molecule has 9 heteroatoms. The van der Waals surface area contributed by atoms with Crippen molar-refractivity contribution in [2.45, 2.75) is 55.8 Å². The summed E-state index contributed by atoms with van der Waals surface area (Å²) >= 11 is 0. The summed E-state index contributed by atoms with van der Waals surface area (Å²) in [6.07, 6.45) is 5.04. The predicted molar refractivity (Wildman–Crippen MR) is 115 cm³/mol. The van der Waals surface area contributed by atoms with Crippen molar-refractivity contribution < 1.29 is 22.7 Å². The lowest BCUT2D eigenvalue weighted by Crippen LogP contribution is -2.40. The summed E-state index contributed by atoms with van der Waals surface area (Å²) in [5.74, 6) is 0.544. The second kappa shape index (κ2) is 7.26. The average molecular weight is 442 g/mol. The summed E-state index contributed by atoms with van der Waals surface area (Å²) in [5, 5.41) is 2.82. The number of anilines is 1. The fourth-order valence-electron chi connectivity index (χ4n) is 4.19. The van der Waals surface area contributed by atoms with Gasteiger partial charge in [-0.15, -0.1) is 0 Å². The standard InChI is InChI=1S/C22H23N3O5S/c1-14(23-20-16-7-3-4-8-19(16)31(27,28)25-20)21(26)24-15-9-10-17-18(13-15)30-22(29-17)11-5-2-6-12-22/h3-4,7-10,13-14H,2,5-6,11-12H2,1H3,(H,23,25)(H,24,26). The maximum atomic E-state index is 12.7. The van der Waals surface area contributed by atoms with Gasteiger partial charge >= 0.3 is 0 Å². The molecule has 2 heterocycles. The van der Waals surface area contributed by atoms with Gasteiger partial charge in [-0.3, -0.25) is 14.5 Å². The molecule has 1 amide bonds. The monoisotopic (exact) mass is 441 g/mol. The molecule has 1 saturated carbocycles. The molecule has 1 atom stereocenters. The zero-order valence-electron chi connectivity index (χ0n) is 17.1. The van der Waals surface area contributed by atoms with Crippen LogP contribution in [0.1, 0.15) is 44.6 Å². The first kappa shape index (κ1) is 19.9. The average Bonchev–Trinajstić information content (AvgIpc) is 3.22. The molecule has 2 N–H and O–H groups in total. The number of benzene rings is 2. The largest absolute Gasteiger partial charge is 0.448 e. The highest BCUT2D eigenvalue weighted by molar-refractivity contribution is 7.90. The Balaban J connectivity index is 1.31. The van der Waals surface area contributed by atoms with Crippen LogP contribution in [0.5, 0.6) is 11.5 Å². The van der Waals surface area contributed by atoms with Crippen molar-refractivity contribution in [3.63, 3.8) is 0 Å². The van der Waals surface area contributed by atoms with E-state index >= 15 is 0 Å². The third-order valence-corrected chi connectivity index (χ3v) is 7.18. The molecule has 162 valence electrons. The molecular formula is C22H23N3O5S. The maximum absolute atomic E-state index is 12.7. The van der Waals surface area contributed by atoms with Gasteiger partial charge in [0.1, 0.15) is 11.9 Å². The van der Waals surface area contributed by atoms with E-state index in [1.165, 1.54) is 12.5 Å². The number of sulfonamides is 1. The summed E-state index contributed by atoms with van der Waals surface area (Å²) in [6.45, 7) is 1.61. The molecule has 2 aliphatic heterocycles. The number of ether oxygens (including phenoxy) is 2. The number of carbonyl (C=O) groups excluding carboxylic acids is 1. The molecule has 1 aliphatic carbocycles. The van der Waals surface area contributed by atoms with Crippen molar-refractivity contribution >= 4 is 27.5 Å². The number of nitrogens with zero attached hydrogens (tertiary/aromatic N) is 1. The lowest BCUT2D eigenvalue weighted by Gasteiger charge is -2.31. The molecular weight excluding hydrogens is 418 g/mol. The van der Waals surface area contributed by atoms with Crippen LogP contribution >= 0.6 is 0 Å². The fourth-order valence-corrected chi connectivity index (χ4v) is 5.43. The first-order valence-electron chi connectivity index (χ1n) is 10.4. The Labute approximate surface area is 180 Å². The highest BCUT2D eigenvalue weighted by atomic mass is 32.2. The molecule has 31 heavy (non-hydrogen) atoms. The summed E-state index contributed by atoms with van der Waals surface area (Å²) in [4.78, 5) is 17.2. The van der Waals surface area contributed by atoms with E-state index in [4.69, 9.17) is 9.47 Å². The van der Waals surface area contributed by atoms with E-state index in [2.05, 4.69) is 15.0 Å². The van der Waals surface area contributed by atoms with Gasteiger partial charge in [0.05, 0.1) is 4.90 Å². The Morgan fingerprint density at radius 3 is 2.65 bits per heavy atom. The van der Waals surface area contributed by atoms with Crippen molar-refractivity contribution in [1.82, 2.24) is 4.72 Å². The molecule has 2 aromatic carbocycles. The number of amidine groups is 1. The van der Waals surface area contributed by atoms with Crippen molar-refractivity contribution in [1.29, 1.82) is 0 Å². The first-order valence-corrected chi connectivity index (χ1v) is 11.9. The molecule has 5 rings (SSSR count). The van der Waals surface area contributed by atoms with Crippen LogP contribution in [0.2, 0.25) is 0 Å². The molecule has 2 aromatic rings. The lowest BCUT2D eigenvalue weighted by molar-refractivity contribution is -0.117. The van der Waals surface area contributed by atoms with E-state index in [0.29, 0.717) is 22.7 Å². The van der Waals surface area contributed by atoms with Crippen LogP contribution in [0.3, 0.4) is 0 Å². The van der Waals surface area contributed by atoms with Crippen molar-refractivity contribution in [3.8, 4) is 11.5 Å². The summed E-state index contributed by atoms with van der Waals surface area (Å²) in [6, 6.07) is 11.1.